The molecule has 2 aromatic heterocycles. The molecule has 29 heavy (non-hydrogen) atoms. The number of halogens is 1. The molecule has 0 aliphatic rings. The van der Waals surface area contributed by atoms with Gasteiger partial charge < -0.3 is 10.6 Å². The Morgan fingerprint density at radius 2 is 1.90 bits per heavy atom. The Morgan fingerprint density at radius 3 is 2.66 bits per heavy atom. The Balaban J connectivity index is 1.47. The SMILES string of the molecule is Cc1ccc(CC(=O)Nc2n[nH]c3sc(C(=O)Nc4cccc(F)c4)cc23)cc1. The normalized spacial score (nSPS) is 10.8. The number of anilines is 2. The Morgan fingerprint density at radius 1 is 1.10 bits per heavy atom. The Bertz CT molecular complexity index is 1200. The number of aromatic nitrogens is 2. The van der Waals surface area contributed by atoms with Crippen LogP contribution >= 0.6 is 11.3 Å². The molecule has 0 saturated heterocycles. The fourth-order valence-corrected chi connectivity index (χ4v) is 3.75. The van der Waals surface area contributed by atoms with E-state index in [1.54, 1.807) is 12.1 Å². The molecule has 0 aliphatic heterocycles. The topological polar surface area (TPSA) is 86.9 Å². The highest BCUT2D eigenvalue weighted by Gasteiger charge is 2.17. The predicted octanol–water partition coefficient (Wildman–Crippen LogP) is 4.51. The number of aromatic amines is 1. The smallest absolute Gasteiger partial charge is 0.265 e. The van der Waals surface area contributed by atoms with E-state index in [4.69, 9.17) is 0 Å². The number of benzene rings is 2. The van der Waals surface area contributed by atoms with E-state index < -0.39 is 5.82 Å². The predicted molar refractivity (Wildman–Crippen MR) is 112 cm³/mol. The van der Waals surface area contributed by atoms with E-state index >= 15 is 0 Å². The highest BCUT2D eigenvalue weighted by atomic mass is 32.1. The first-order valence-electron chi connectivity index (χ1n) is 8.88. The van der Waals surface area contributed by atoms with Gasteiger partial charge in [-0.3, -0.25) is 14.7 Å². The molecule has 6 nitrogen and oxygen atoms in total. The van der Waals surface area contributed by atoms with Gasteiger partial charge in [-0.05, 0) is 36.8 Å². The number of aryl methyl sites for hydroxylation is 1. The first kappa shape index (κ1) is 18.8. The number of carbonyl (C=O) groups excluding carboxylic acids is 2. The van der Waals surface area contributed by atoms with Crippen LogP contribution in [0, 0.1) is 12.7 Å². The minimum atomic E-state index is -0.427. The molecular formula is C21H17FN4O2S. The van der Waals surface area contributed by atoms with Crippen molar-refractivity contribution in [3.63, 3.8) is 0 Å². The number of amides is 2. The van der Waals surface area contributed by atoms with Crippen molar-refractivity contribution in [3.05, 3.63) is 76.4 Å². The van der Waals surface area contributed by atoms with Gasteiger partial charge in [0.15, 0.2) is 5.82 Å². The van der Waals surface area contributed by atoms with Crippen molar-refractivity contribution in [2.45, 2.75) is 13.3 Å². The van der Waals surface area contributed by atoms with Crippen LogP contribution in [0.4, 0.5) is 15.9 Å². The first-order chi connectivity index (χ1) is 14.0. The Hall–Kier alpha value is -3.52. The van der Waals surface area contributed by atoms with Crippen LogP contribution in [0.15, 0.2) is 54.6 Å². The largest absolute Gasteiger partial charge is 0.321 e. The number of H-pyrrole nitrogens is 1. The average Bonchev–Trinajstić information content (AvgIpc) is 3.26. The van der Waals surface area contributed by atoms with Crippen LogP contribution in [0.25, 0.3) is 10.2 Å². The molecular weight excluding hydrogens is 391 g/mol. The third kappa shape index (κ3) is 4.33. The number of hydrogen-bond donors (Lipinski definition) is 3. The van der Waals surface area contributed by atoms with E-state index in [0.29, 0.717) is 26.6 Å². The maximum atomic E-state index is 13.3. The van der Waals surface area contributed by atoms with Crippen molar-refractivity contribution >= 4 is 44.9 Å². The van der Waals surface area contributed by atoms with E-state index in [0.717, 1.165) is 11.1 Å². The number of thiophene rings is 1. The molecule has 2 amide bonds. The van der Waals surface area contributed by atoms with Crippen molar-refractivity contribution in [2.24, 2.45) is 0 Å². The summed E-state index contributed by atoms with van der Waals surface area (Å²) in [6.07, 6.45) is 0.228. The van der Waals surface area contributed by atoms with Crippen molar-refractivity contribution in [1.82, 2.24) is 10.2 Å². The van der Waals surface area contributed by atoms with Gasteiger partial charge in [-0.2, -0.15) is 5.10 Å². The Labute approximate surface area is 169 Å². The van der Waals surface area contributed by atoms with Gasteiger partial charge in [0.2, 0.25) is 5.91 Å². The summed E-state index contributed by atoms with van der Waals surface area (Å²) in [5.41, 5.74) is 2.41. The molecule has 0 radical (unpaired) electrons. The lowest BCUT2D eigenvalue weighted by Crippen LogP contribution is -2.15. The van der Waals surface area contributed by atoms with Crippen molar-refractivity contribution in [1.29, 1.82) is 0 Å². The van der Waals surface area contributed by atoms with Crippen LogP contribution in [0.3, 0.4) is 0 Å². The van der Waals surface area contributed by atoms with Crippen LogP contribution in [-0.2, 0) is 11.2 Å². The monoisotopic (exact) mass is 408 g/mol. The number of hydrogen-bond acceptors (Lipinski definition) is 4. The minimum Gasteiger partial charge on any atom is -0.321 e. The first-order valence-corrected chi connectivity index (χ1v) is 9.70. The van der Waals surface area contributed by atoms with Gasteiger partial charge >= 0.3 is 0 Å². The summed E-state index contributed by atoms with van der Waals surface area (Å²) in [6.45, 7) is 1.99. The highest BCUT2D eigenvalue weighted by Crippen LogP contribution is 2.30. The zero-order valence-corrected chi connectivity index (χ0v) is 16.3. The van der Waals surface area contributed by atoms with E-state index in [-0.39, 0.29) is 18.2 Å². The summed E-state index contributed by atoms with van der Waals surface area (Å²) in [5, 5.41) is 13.0. The summed E-state index contributed by atoms with van der Waals surface area (Å²) < 4.78 is 13.3. The average molecular weight is 408 g/mol. The molecule has 0 aliphatic carbocycles. The molecule has 146 valence electrons. The summed E-state index contributed by atoms with van der Waals surface area (Å²) in [4.78, 5) is 25.9. The summed E-state index contributed by atoms with van der Waals surface area (Å²) in [6, 6.07) is 15.1. The quantitative estimate of drug-likeness (QED) is 0.454. The fraction of sp³-hybridized carbons (Fsp3) is 0.0952. The van der Waals surface area contributed by atoms with Gasteiger partial charge in [0.1, 0.15) is 10.6 Å². The van der Waals surface area contributed by atoms with Crippen molar-refractivity contribution in [2.75, 3.05) is 10.6 Å². The van der Waals surface area contributed by atoms with Gasteiger partial charge in [-0.1, -0.05) is 35.9 Å². The third-order valence-electron chi connectivity index (χ3n) is 4.31. The van der Waals surface area contributed by atoms with Gasteiger partial charge in [0.05, 0.1) is 16.7 Å². The van der Waals surface area contributed by atoms with Crippen molar-refractivity contribution in [3.8, 4) is 0 Å². The second-order valence-electron chi connectivity index (χ2n) is 6.60. The van der Waals surface area contributed by atoms with Crippen LogP contribution in [0.1, 0.15) is 20.8 Å². The van der Waals surface area contributed by atoms with Crippen LogP contribution in [0.5, 0.6) is 0 Å². The molecule has 0 unspecified atom stereocenters. The highest BCUT2D eigenvalue weighted by molar-refractivity contribution is 7.20. The molecule has 2 heterocycles. The van der Waals surface area contributed by atoms with Crippen LogP contribution < -0.4 is 10.6 Å². The molecule has 8 heteroatoms. The van der Waals surface area contributed by atoms with Gasteiger partial charge in [0, 0.05) is 5.69 Å². The van der Waals surface area contributed by atoms with E-state index in [1.165, 1.54) is 29.5 Å². The molecule has 3 N–H and O–H groups in total. The Kier molecular flexibility index (Phi) is 5.09. The van der Waals surface area contributed by atoms with Crippen LogP contribution in [0.2, 0.25) is 0 Å². The zero-order valence-electron chi connectivity index (χ0n) is 15.5. The summed E-state index contributed by atoms with van der Waals surface area (Å²) in [5.74, 6) is -0.608. The molecule has 0 saturated carbocycles. The number of nitrogens with one attached hydrogen (secondary N) is 3. The summed E-state index contributed by atoms with van der Waals surface area (Å²) in [7, 11) is 0. The lowest BCUT2D eigenvalue weighted by atomic mass is 10.1. The van der Waals surface area contributed by atoms with Crippen LogP contribution in [-0.4, -0.2) is 22.0 Å². The van der Waals surface area contributed by atoms with E-state index in [2.05, 4.69) is 20.8 Å². The lowest BCUT2D eigenvalue weighted by molar-refractivity contribution is -0.115. The number of rotatable bonds is 5. The molecule has 0 bridgehead atoms. The second kappa shape index (κ2) is 7.84. The summed E-state index contributed by atoms with van der Waals surface area (Å²) >= 11 is 1.21. The molecule has 4 rings (SSSR count). The minimum absolute atomic E-state index is 0.195. The number of carbonyl (C=O) groups is 2. The van der Waals surface area contributed by atoms with Gasteiger partial charge in [-0.25, -0.2) is 4.39 Å². The van der Waals surface area contributed by atoms with E-state index in [9.17, 15) is 14.0 Å². The zero-order chi connectivity index (χ0) is 20.4. The second-order valence-corrected chi connectivity index (χ2v) is 7.65. The number of fused-ring (bicyclic) bond motifs is 1. The maximum Gasteiger partial charge on any atom is 0.265 e. The molecule has 0 spiro atoms. The van der Waals surface area contributed by atoms with Gasteiger partial charge in [-0.15, -0.1) is 11.3 Å². The van der Waals surface area contributed by atoms with E-state index in [1.807, 2.05) is 31.2 Å². The van der Waals surface area contributed by atoms with Gasteiger partial charge in [0.25, 0.3) is 5.91 Å². The van der Waals surface area contributed by atoms with Crippen molar-refractivity contribution < 1.29 is 14.0 Å². The standard InChI is InChI=1S/C21H17FN4O2S/c1-12-5-7-13(8-6-12)9-18(27)24-19-16-11-17(29-21(16)26-25-19)20(28)23-15-4-2-3-14(22)10-15/h2-8,10-11H,9H2,1H3,(H,23,28)(H2,24,25,26,27). The molecule has 2 aromatic carbocycles. The third-order valence-corrected chi connectivity index (χ3v) is 5.34. The molecule has 4 aromatic rings. The fourth-order valence-electron chi connectivity index (χ4n) is 2.85. The molecule has 0 fully saturated rings. The lowest BCUT2D eigenvalue weighted by Gasteiger charge is -2.04. The maximum absolute atomic E-state index is 13.3. The number of nitrogens with zero attached hydrogens (tertiary/aromatic N) is 1. The molecule has 0 atom stereocenters.